The summed E-state index contributed by atoms with van der Waals surface area (Å²) in [5.74, 6) is 0.266. The number of piperidine rings is 1. The molecule has 1 amide bonds. The van der Waals surface area contributed by atoms with E-state index >= 15 is 0 Å². The van der Waals surface area contributed by atoms with Crippen molar-refractivity contribution in [2.75, 3.05) is 13.1 Å². The Balaban J connectivity index is 2.16. The van der Waals surface area contributed by atoms with E-state index in [0.29, 0.717) is 19.5 Å². The van der Waals surface area contributed by atoms with Gasteiger partial charge in [0.05, 0.1) is 6.10 Å². The van der Waals surface area contributed by atoms with Crippen molar-refractivity contribution in [3.63, 3.8) is 0 Å². The first-order valence-corrected chi connectivity index (χ1v) is 6.68. The zero-order valence-electron chi connectivity index (χ0n) is 11.1. The second kappa shape index (κ2) is 5.53. The van der Waals surface area contributed by atoms with Gasteiger partial charge in [-0.1, -0.05) is 32.0 Å². The van der Waals surface area contributed by atoms with Gasteiger partial charge in [0.2, 0.25) is 0 Å². The standard InChI is InChI=1S/C15H21NO2/c1-3-12-6-4-5-7-13(12)15(18)16-9-8-14(17)11(2)10-16/h4-7,11,14,17H,3,8-10H2,1-2H3. The molecule has 1 heterocycles. The van der Waals surface area contributed by atoms with Gasteiger partial charge in [0.25, 0.3) is 5.91 Å². The van der Waals surface area contributed by atoms with E-state index in [1.54, 1.807) is 0 Å². The molecule has 1 aliphatic rings. The van der Waals surface area contributed by atoms with Crippen molar-refractivity contribution >= 4 is 5.91 Å². The summed E-state index contributed by atoms with van der Waals surface area (Å²) < 4.78 is 0. The Labute approximate surface area is 108 Å². The molecule has 1 aromatic carbocycles. The Kier molecular flexibility index (Phi) is 4.02. The zero-order chi connectivity index (χ0) is 13.1. The average Bonchev–Trinajstić information content (AvgIpc) is 2.41. The van der Waals surface area contributed by atoms with Crippen molar-refractivity contribution < 1.29 is 9.90 Å². The number of amides is 1. The molecule has 0 aromatic heterocycles. The molecule has 1 N–H and O–H groups in total. The summed E-state index contributed by atoms with van der Waals surface area (Å²) in [5.41, 5.74) is 1.91. The molecule has 2 rings (SSSR count). The van der Waals surface area contributed by atoms with Crippen molar-refractivity contribution in [1.29, 1.82) is 0 Å². The number of nitrogens with zero attached hydrogens (tertiary/aromatic N) is 1. The van der Waals surface area contributed by atoms with Gasteiger partial charge in [-0.15, -0.1) is 0 Å². The number of aliphatic hydroxyl groups is 1. The number of benzene rings is 1. The largest absolute Gasteiger partial charge is 0.393 e. The Bertz CT molecular complexity index is 430. The van der Waals surface area contributed by atoms with E-state index in [1.807, 2.05) is 36.1 Å². The van der Waals surface area contributed by atoms with Crippen LogP contribution in [0.1, 0.15) is 36.2 Å². The lowest BCUT2D eigenvalue weighted by atomic mass is 9.95. The first kappa shape index (κ1) is 13.1. The Morgan fingerprint density at radius 3 is 2.83 bits per heavy atom. The fraction of sp³-hybridized carbons (Fsp3) is 0.533. The number of likely N-dealkylation sites (tertiary alicyclic amines) is 1. The summed E-state index contributed by atoms with van der Waals surface area (Å²) in [6.07, 6.45) is 1.28. The molecule has 0 spiro atoms. The Hall–Kier alpha value is -1.35. The van der Waals surface area contributed by atoms with E-state index in [4.69, 9.17) is 0 Å². The molecule has 1 aliphatic heterocycles. The molecule has 1 aromatic rings. The number of carbonyl (C=O) groups excluding carboxylic acids is 1. The van der Waals surface area contributed by atoms with Crippen LogP contribution < -0.4 is 0 Å². The lowest BCUT2D eigenvalue weighted by molar-refractivity contribution is 0.0297. The second-order valence-electron chi connectivity index (χ2n) is 5.10. The van der Waals surface area contributed by atoms with Gasteiger partial charge in [-0.05, 0) is 30.4 Å². The van der Waals surface area contributed by atoms with E-state index < -0.39 is 0 Å². The van der Waals surface area contributed by atoms with Crippen LogP contribution >= 0.6 is 0 Å². The molecule has 1 fully saturated rings. The number of aryl methyl sites for hydroxylation is 1. The molecule has 18 heavy (non-hydrogen) atoms. The number of carbonyl (C=O) groups is 1. The van der Waals surface area contributed by atoms with Crippen molar-refractivity contribution in [3.05, 3.63) is 35.4 Å². The zero-order valence-corrected chi connectivity index (χ0v) is 11.1. The highest BCUT2D eigenvalue weighted by Crippen LogP contribution is 2.20. The van der Waals surface area contributed by atoms with Crippen LogP contribution in [0.2, 0.25) is 0 Å². The molecule has 3 heteroatoms. The first-order valence-electron chi connectivity index (χ1n) is 6.68. The molecule has 1 saturated heterocycles. The van der Waals surface area contributed by atoms with Crippen LogP contribution in [0, 0.1) is 5.92 Å². The second-order valence-corrected chi connectivity index (χ2v) is 5.10. The van der Waals surface area contributed by atoms with Crippen LogP contribution in [-0.4, -0.2) is 35.1 Å². The normalized spacial score (nSPS) is 24.1. The summed E-state index contributed by atoms with van der Waals surface area (Å²) in [4.78, 5) is 14.3. The van der Waals surface area contributed by atoms with Crippen LogP contribution in [0.15, 0.2) is 24.3 Å². The fourth-order valence-corrected chi connectivity index (χ4v) is 2.53. The van der Waals surface area contributed by atoms with Crippen molar-refractivity contribution in [2.45, 2.75) is 32.8 Å². The molecular weight excluding hydrogens is 226 g/mol. The van der Waals surface area contributed by atoms with Crippen LogP contribution in [0.5, 0.6) is 0 Å². The molecule has 2 atom stereocenters. The third-order valence-electron chi connectivity index (χ3n) is 3.78. The maximum Gasteiger partial charge on any atom is 0.254 e. The van der Waals surface area contributed by atoms with Gasteiger partial charge < -0.3 is 10.0 Å². The van der Waals surface area contributed by atoms with Crippen LogP contribution in [0.4, 0.5) is 0 Å². The number of hydrogen-bond donors (Lipinski definition) is 1. The van der Waals surface area contributed by atoms with E-state index in [9.17, 15) is 9.90 Å². The van der Waals surface area contributed by atoms with Crippen LogP contribution in [0.25, 0.3) is 0 Å². The summed E-state index contributed by atoms with van der Waals surface area (Å²) in [6.45, 7) is 5.37. The summed E-state index contributed by atoms with van der Waals surface area (Å²) >= 11 is 0. The Morgan fingerprint density at radius 1 is 1.44 bits per heavy atom. The highest BCUT2D eigenvalue weighted by Gasteiger charge is 2.28. The molecule has 0 aliphatic carbocycles. The maximum atomic E-state index is 12.5. The molecule has 0 radical (unpaired) electrons. The van der Waals surface area contributed by atoms with Crippen molar-refractivity contribution in [3.8, 4) is 0 Å². The third-order valence-corrected chi connectivity index (χ3v) is 3.78. The quantitative estimate of drug-likeness (QED) is 0.869. The van der Waals surface area contributed by atoms with Crippen LogP contribution in [-0.2, 0) is 6.42 Å². The average molecular weight is 247 g/mol. The maximum absolute atomic E-state index is 12.5. The summed E-state index contributed by atoms with van der Waals surface area (Å²) in [6, 6.07) is 7.79. The lowest BCUT2D eigenvalue weighted by Gasteiger charge is -2.34. The van der Waals surface area contributed by atoms with Gasteiger partial charge in [-0.2, -0.15) is 0 Å². The van der Waals surface area contributed by atoms with Gasteiger partial charge in [0.15, 0.2) is 0 Å². The van der Waals surface area contributed by atoms with Gasteiger partial charge in [-0.25, -0.2) is 0 Å². The van der Waals surface area contributed by atoms with Crippen molar-refractivity contribution in [2.24, 2.45) is 5.92 Å². The monoisotopic (exact) mass is 247 g/mol. The minimum atomic E-state index is -0.268. The predicted molar refractivity (Wildman–Crippen MR) is 71.5 cm³/mol. The molecule has 98 valence electrons. The van der Waals surface area contributed by atoms with E-state index in [-0.39, 0.29) is 17.9 Å². The lowest BCUT2D eigenvalue weighted by Crippen LogP contribution is -2.45. The number of hydrogen-bond acceptors (Lipinski definition) is 2. The van der Waals surface area contributed by atoms with Crippen molar-refractivity contribution in [1.82, 2.24) is 4.90 Å². The first-order chi connectivity index (χ1) is 8.63. The van der Waals surface area contributed by atoms with Gasteiger partial charge in [-0.3, -0.25) is 4.79 Å². The summed E-state index contributed by atoms with van der Waals surface area (Å²) in [5, 5.41) is 9.71. The molecule has 2 unspecified atom stereocenters. The number of rotatable bonds is 2. The van der Waals surface area contributed by atoms with E-state index in [1.165, 1.54) is 0 Å². The van der Waals surface area contributed by atoms with Gasteiger partial charge >= 0.3 is 0 Å². The van der Waals surface area contributed by atoms with Crippen LogP contribution in [0.3, 0.4) is 0 Å². The number of aliphatic hydroxyl groups excluding tert-OH is 1. The highest BCUT2D eigenvalue weighted by atomic mass is 16.3. The predicted octanol–water partition coefficient (Wildman–Crippen LogP) is 2.09. The fourth-order valence-electron chi connectivity index (χ4n) is 2.53. The van der Waals surface area contributed by atoms with E-state index in [0.717, 1.165) is 17.5 Å². The molecule has 0 bridgehead atoms. The molecular formula is C15H21NO2. The topological polar surface area (TPSA) is 40.5 Å². The minimum absolute atomic E-state index is 0.103. The van der Waals surface area contributed by atoms with Gasteiger partial charge in [0.1, 0.15) is 0 Å². The van der Waals surface area contributed by atoms with E-state index in [2.05, 4.69) is 6.92 Å². The molecule has 3 nitrogen and oxygen atoms in total. The minimum Gasteiger partial charge on any atom is -0.393 e. The smallest absolute Gasteiger partial charge is 0.254 e. The highest BCUT2D eigenvalue weighted by molar-refractivity contribution is 5.95. The SMILES string of the molecule is CCc1ccccc1C(=O)N1CCC(O)C(C)C1. The third kappa shape index (κ3) is 2.56. The Morgan fingerprint density at radius 2 is 2.17 bits per heavy atom. The molecule has 0 saturated carbocycles. The summed E-state index contributed by atoms with van der Waals surface area (Å²) in [7, 11) is 0. The van der Waals surface area contributed by atoms with Gasteiger partial charge in [0, 0.05) is 18.7 Å².